The molecule has 0 aliphatic rings. The summed E-state index contributed by atoms with van der Waals surface area (Å²) in [7, 11) is 0. The maximum Gasteiger partial charge on any atom is 0.239 e. The molecular formula is C23H29ClFN3OS2. The fraction of sp³-hybridized carbons (Fsp3) is 0.391. The molecular weight excluding hydrogens is 453 g/mol. The lowest BCUT2D eigenvalue weighted by atomic mass is 10.1. The number of carbonyl (C=O) groups is 1. The number of thioether (sulfide) groups is 1. The maximum atomic E-state index is 13.2. The van der Waals surface area contributed by atoms with Gasteiger partial charge in [-0.25, -0.2) is 9.37 Å². The molecule has 31 heavy (non-hydrogen) atoms. The minimum Gasteiger partial charge on any atom is -0.302 e. The van der Waals surface area contributed by atoms with Gasteiger partial charge < -0.3 is 4.90 Å². The van der Waals surface area contributed by atoms with Crippen LogP contribution in [0.3, 0.4) is 0 Å². The van der Waals surface area contributed by atoms with Crippen molar-refractivity contribution in [2.24, 2.45) is 0 Å². The van der Waals surface area contributed by atoms with Crippen LogP contribution < -0.4 is 4.90 Å². The van der Waals surface area contributed by atoms with Gasteiger partial charge in [-0.3, -0.25) is 9.69 Å². The van der Waals surface area contributed by atoms with Gasteiger partial charge >= 0.3 is 0 Å². The van der Waals surface area contributed by atoms with Gasteiger partial charge in [0.05, 0.1) is 16.0 Å². The Bertz CT molecular complexity index is 1010. The van der Waals surface area contributed by atoms with E-state index in [-0.39, 0.29) is 29.9 Å². The largest absolute Gasteiger partial charge is 0.302 e. The van der Waals surface area contributed by atoms with Gasteiger partial charge in [-0.1, -0.05) is 31.3 Å². The number of halogens is 2. The summed E-state index contributed by atoms with van der Waals surface area (Å²) in [4.78, 5) is 23.0. The minimum absolute atomic E-state index is 0. The van der Waals surface area contributed by atoms with Crippen molar-refractivity contribution >= 4 is 56.8 Å². The molecule has 0 aliphatic carbocycles. The summed E-state index contributed by atoms with van der Waals surface area (Å²) in [6.45, 7) is 11.7. The molecule has 0 unspecified atom stereocenters. The van der Waals surface area contributed by atoms with E-state index in [1.54, 1.807) is 23.5 Å². The van der Waals surface area contributed by atoms with Crippen molar-refractivity contribution in [1.82, 2.24) is 9.88 Å². The van der Waals surface area contributed by atoms with Gasteiger partial charge in [0, 0.05) is 18.0 Å². The Morgan fingerprint density at radius 2 is 1.77 bits per heavy atom. The quantitative estimate of drug-likeness (QED) is 0.354. The number of carbonyl (C=O) groups excluding carboxylic acids is 1. The van der Waals surface area contributed by atoms with Crippen molar-refractivity contribution in [3.63, 3.8) is 0 Å². The number of nitrogens with zero attached hydrogens (tertiary/aromatic N) is 3. The monoisotopic (exact) mass is 481 g/mol. The van der Waals surface area contributed by atoms with Crippen LogP contribution in [-0.4, -0.2) is 47.7 Å². The fourth-order valence-electron chi connectivity index (χ4n) is 3.34. The van der Waals surface area contributed by atoms with E-state index in [1.165, 1.54) is 29.5 Å². The first kappa shape index (κ1) is 25.6. The summed E-state index contributed by atoms with van der Waals surface area (Å²) in [5, 5.41) is 0.746. The van der Waals surface area contributed by atoms with Crippen LogP contribution in [0.1, 0.15) is 25.0 Å². The molecule has 0 N–H and O–H groups in total. The third kappa shape index (κ3) is 6.65. The van der Waals surface area contributed by atoms with E-state index < -0.39 is 0 Å². The molecule has 0 saturated heterocycles. The SMILES string of the molecule is CCN(CC)CCN(C(=O)CSc1ccc(F)cc1)c1nc2c(C)cc(C)cc2s1.Cl. The van der Waals surface area contributed by atoms with E-state index >= 15 is 0 Å². The molecule has 0 saturated carbocycles. The topological polar surface area (TPSA) is 36.4 Å². The summed E-state index contributed by atoms with van der Waals surface area (Å²) in [6, 6.07) is 10.5. The van der Waals surface area contributed by atoms with E-state index in [0.717, 1.165) is 45.4 Å². The molecule has 0 spiro atoms. The van der Waals surface area contributed by atoms with Crippen molar-refractivity contribution in [2.75, 3.05) is 36.8 Å². The molecule has 1 amide bonds. The normalized spacial score (nSPS) is 11.0. The highest BCUT2D eigenvalue weighted by molar-refractivity contribution is 8.00. The van der Waals surface area contributed by atoms with E-state index in [9.17, 15) is 9.18 Å². The standard InChI is InChI=1S/C23H28FN3OS2.ClH/c1-5-26(6-2)11-12-27(21(28)15-29-19-9-7-18(24)8-10-19)23-25-22-17(4)13-16(3)14-20(22)30-23;/h7-10,13-14H,5-6,11-12,15H2,1-4H3;1H. The second kappa shape index (κ2) is 11.8. The number of amides is 1. The molecule has 2 aromatic carbocycles. The smallest absolute Gasteiger partial charge is 0.239 e. The number of thiazole rings is 1. The second-order valence-electron chi connectivity index (χ2n) is 7.24. The second-order valence-corrected chi connectivity index (χ2v) is 9.30. The number of rotatable bonds is 9. The van der Waals surface area contributed by atoms with Crippen LogP contribution >= 0.6 is 35.5 Å². The molecule has 0 fully saturated rings. The average molecular weight is 482 g/mol. The predicted molar refractivity (Wildman–Crippen MR) is 134 cm³/mol. The first-order valence-electron chi connectivity index (χ1n) is 10.2. The molecule has 168 valence electrons. The predicted octanol–water partition coefficient (Wildman–Crippen LogP) is 5.94. The average Bonchev–Trinajstić information content (AvgIpc) is 3.14. The summed E-state index contributed by atoms with van der Waals surface area (Å²) in [5.74, 6) is 0.0363. The number of likely N-dealkylation sites (N-methyl/N-ethyl adjacent to an activating group) is 1. The summed E-state index contributed by atoms with van der Waals surface area (Å²) in [5.41, 5.74) is 3.29. The van der Waals surface area contributed by atoms with E-state index in [1.807, 2.05) is 4.90 Å². The van der Waals surface area contributed by atoms with Gasteiger partial charge in [-0.15, -0.1) is 24.2 Å². The van der Waals surface area contributed by atoms with Crippen LogP contribution in [0.15, 0.2) is 41.3 Å². The Balaban J connectivity index is 0.00000341. The summed E-state index contributed by atoms with van der Waals surface area (Å²) < 4.78 is 14.3. The van der Waals surface area contributed by atoms with Gasteiger partial charge in [-0.05, 0) is 68.4 Å². The lowest BCUT2D eigenvalue weighted by Crippen LogP contribution is -2.39. The molecule has 1 heterocycles. The Labute approximate surface area is 198 Å². The number of anilines is 1. The van der Waals surface area contributed by atoms with Gasteiger partial charge in [0.1, 0.15) is 5.82 Å². The number of aryl methyl sites for hydroxylation is 2. The minimum atomic E-state index is -0.272. The van der Waals surface area contributed by atoms with Gasteiger partial charge in [0.15, 0.2) is 5.13 Å². The van der Waals surface area contributed by atoms with Crippen LogP contribution in [0.4, 0.5) is 9.52 Å². The number of hydrogen-bond donors (Lipinski definition) is 0. The van der Waals surface area contributed by atoms with Crippen LogP contribution in [-0.2, 0) is 4.79 Å². The Hall–Kier alpha value is -1.67. The first-order valence-corrected chi connectivity index (χ1v) is 12.0. The number of fused-ring (bicyclic) bond motifs is 1. The molecule has 0 aliphatic heterocycles. The zero-order chi connectivity index (χ0) is 21.7. The highest BCUT2D eigenvalue weighted by atomic mass is 35.5. The van der Waals surface area contributed by atoms with E-state index in [4.69, 9.17) is 4.98 Å². The zero-order valence-electron chi connectivity index (χ0n) is 18.4. The third-order valence-corrected chi connectivity index (χ3v) is 7.08. The van der Waals surface area contributed by atoms with Gasteiger partial charge in [-0.2, -0.15) is 0 Å². The Morgan fingerprint density at radius 3 is 2.42 bits per heavy atom. The fourth-order valence-corrected chi connectivity index (χ4v) is 5.30. The molecule has 3 rings (SSSR count). The van der Waals surface area contributed by atoms with Crippen LogP contribution in [0.25, 0.3) is 10.2 Å². The molecule has 1 aromatic heterocycles. The summed E-state index contributed by atoms with van der Waals surface area (Å²) >= 11 is 2.99. The highest BCUT2D eigenvalue weighted by Crippen LogP contribution is 2.32. The van der Waals surface area contributed by atoms with E-state index in [0.29, 0.717) is 6.54 Å². The molecule has 8 heteroatoms. The number of hydrogen-bond acceptors (Lipinski definition) is 5. The van der Waals surface area contributed by atoms with Gasteiger partial charge in [0.25, 0.3) is 0 Å². The van der Waals surface area contributed by atoms with Crippen molar-refractivity contribution in [1.29, 1.82) is 0 Å². The van der Waals surface area contributed by atoms with Crippen LogP contribution in [0.5, 0.6) is 0 Å². The third-order valence-electron chi connectivity index (χ3n) is 5.06. The van der Waals surface area contributed by atoms with Crippen molar-refractivity contribution in [3.8, 4) is 0 Å². The highest BCUT2D eigenvalue weighted by Gasteiger charge is 2.21. The van der Waals surface area contributed by atoms with E-state index in [2.05, 4.69) is 44.7 Å². The molecule has 3 aromatic rings. The summed E-state index contributed by atoms with van der Waals surface area (Å²) in [6.07, 6.45) is 0. The molecule has 0 atom stereocenters. The molecule has 0 bridgehead atoms. The van der Waals surface area contributed by atoms with Crippen LogP contribution in [0.2, 0.25) is 0 Å². The lowest BCUT2D eigenvalue weighted by molar-refractivity contribution is -0.116. The number of aromatic nitrogens is 1. The van der Waals surface area contributed by atoms with Gasteiger partial charge in [0.2, 0.25) is 5.91 Å². The van der Waals surface area contributed by atoms with Crippen molar-refractivity contribution in [2.45, 2.75) is 32.6 Å². The maximum absolute atomic E-state index is 13.2. The lowest BCUT2D eigenvalue weighted by Gasteiger charge is -2.24. The Morgan fingerprint density at radius 1 is 1.10 bits per heavy atom. The van der Waals surface area contributed by atoms with Crippen molar-refractivity contribution in [3.05, 3.63) is 53.3 Å². The Kier molecular flexibility index (Phi) is 9.75. The van der Waals surface area contributed by atoms with Crippen LogP contribution in [0, 0.1) is 19.7 Å². The molecule has 4 nitrogen and oxygen atoms in total. The first-order chi connectivity index (χ1) is 14.4. The van der Waals surface area contributed by atoms with Crippen molar-refractivity contribution < 1.29 is 9.18 Å². The number of benzene rings is 2. The molecule has 0 radical (unpaired) electrons. The zero-order valence-corrected chi connectivity index (χ0v) is 20.8.